The molecule has 0 aliphatic carbocycles. The average Bonchev–Trinajstić information content (AvgIpc) is 2.85. The minimum atomic E-state index is -0.674. The van der Waals surface area contributed by atoms with Crippen LogP contribution in [0.5, 0.6) is 0 Å². The van der Waals surface area contributed by atoms with Gasteiger partial charge in [0.25, 0.3) is 5.91 Å². The molecule has 1 aromatic carbocycles. The highest BCUT2D eigenvalue weighted by molar-refractivity contribution is 5.93. The van der Waals surface area contributed by atoms with Crippen molar-refractivity contribution >= 4 is 11.8 Å². The van der Waals surface area contributed by atoms with Gasteiger partial charge in [-0.1, -0.05) is 36.4 Å². The number of hydrogen-bond donors (Lipinski definition) is 1. The number of hydrogen-bond acceptors (Lipinski definition) is 4. The van der Waals surface area contributed by atoms with Crippen LogP contribution in [0, 0.1) is 5.41 Å². The molecule has 3 heterocycles. The molecule has 0 saturated carbocycles. The van der Waals surface area contributed by atoms with E-state index >= 15 is 0 Å². The van der Waals surface area contributed by atoms with Crippen LogP contribution in [0.2, 0.25) is 0 Å². The maximum Gasteiger partial charge on any atom is 0.272 e. The summed E-state index contributed by atoms with van der Waals surface area (Å²) in [5.41, 5.74) is 2.92. The molecule has 0 unspecified atom stereocenters. The molecular weight excluding hydrogens is 400 g/mol. The van der Waals surface area contributed by atoms with Crippen molar-refractivity contribution in [1.82, 2.24) is 20.2 Å². The lowest BCUT2D eigenvalue weighted by Gasteiger charge is -2.41. The Labute approximate surface area is 188 Å². The second kappa shape index (κ2) is 9.73. The minimum absolute atomic E-state index is 0.00491. The number of nitrogens with one attached hydrogen (secondary N) is 1. The maximum atomic E-state index is 13.3. The Morgan fingerprint density at radius 3 is 2.69 bits per heavy atom. The zero-order chi connectivity index (χ0) is 22.4. The molecule has 0 spiro atoms. The Morgan fingerprint density at radius 1 is 1.06 bits per heavy atom. The number of piperidine rings is 1. The summed E-state index contributed by atoms with van der Waals surface area (Å²) in [6, 6.07) is 17.5. The second-order valence-electron chi connectivity index (χ2n) is 8.30. The first kappa shape index (κ1) is 21.7. The molecule has 1 atom stereocenters. The number of carbonyl (C=O) groups is 2. The third-order valence-electron chi connectivity index (χ3n) is 6.03. The minimum Gasteiger partial charge on any atom is -0.356 e. The summed E-state index contributed by atoms with van der Waals surface area (Å²) in [7, 11) is 0. The number of nitrogens with zero attached hydrogens (tertiary/aromatic N) is 3. The van der Waals surface area contributed by atoms with Gasteiger partial charge >= 0.3 is 0 Å². The summed E-state index contributed by atoms with van der Waals surface area (Å²) in [6.07, 6.45) is 7.30. The smallest absolute Gasteiger partial charge is 0.272 e. The van der Waals surface area contributed by atoms with Gasteiger partial charge in [-0.2, -0.15) is 0 Å². The summed E-state index contributed by atoms with van der Waals surface area (Å²) in [4.78, 5) is 36.6. The first-order chi connectivity index (χ1) is 15.6. The van der Waals surface area contributed by atoms with Crippen LogP contribution in [0.4, 0.5) is 0 Å². The first-order valence-corrected chi connectivity index (χ1v) is 11.1. The summed E-state index contributed by atoms with van der Waals surface area (Å²) in [5.74, 6) is -0.117. The Balaban J connectivity index is 1.62. The summed E-state index contributed by atoms with van der Waals surface area (Å²) in [6.45, 7) is 3.50. The Hall–Kier alpha value is -3.54. The number of carbonyl (C=O) groups excluding carboxylic acids is 2. The van der Waals surface area contributed by atoms with Crippen molar-refractivity contribution in [3.63, 3.8) is 0 Å². The van der Waals surface area contributed by atoms with Crippen LogP contribution in [0.15, 0.2) is 73.2 Å². The molecule has 1 aliphatic heterocycles. The fraction of sp³-hybridized carbons (Fsp3) is 0.308. The van der Waals surface area contributed by atoms with Crippen LogP contribution in [0.25, 0.3) is 11.1 Å². The summed E-state index contributed by atoms with van der Waals surface area (Å²) in [5, 5.41) is 3.02. The van der Waals surface area contributed by atoms with Crippen LogP contribution in [-0.2, 0) is 11.2 Å². The van der Waals surface area contributed by atoms with Gasteiger partial charge in [0, 0.05) is 38.2 Å². The van der Waals surface area contributed by atoms with Gasteiger partial charge in [0.1, 0.15) is 5.69 Å². The maximum absolute atomic E-state index is 13.3. The Kier molecular flexibility index (Phi) is 6.59. The molecule has 1 aliphatic rings. The lowest BCUT2D eigenvalue weighted by atomic mass is 9.74. The second-order valence-corrected chi connectivity index (χ2v) is 8.30. The van der Waals surface area contributed by atoms with Crippen molar-refractivity contribution < 1.29 is 9.59 Å². The highest BCUT2D eigenvalue weighted by atomic mass is 16.2. The van der Waals surface area contributed by atoms with Crippen LogP contribution < -0.4 is 5.32 Å². The molecule has 1 fully saturated rings. The van der Waals surface area contributed by atoms with Crippen LogP contribution in [0.1, 0.15) is 35.8 Å². The van der Waals surface area contributed by atoms with Crippen LogP contribution in [0.3, 0.4) is 0 Å². The van der Waals surface area contributed by atoms with Crippen LogP contribution in [-0.4, -0.2) is 46.3 Å². The highest BCUT2D eigenvalue weighted by Crippen LogP contribution is 2.35. The number of amides is 2. The number of benzene rings is 1. The van der Waals surface area contributed by atoms with E-state index in [9.17, 15) is 9.59 Å². The van der Waals surface area contributed by atoms with Crippen molar-refractivity contribution in [3.05, 3.63) is 84.4 Å². The third-order valence-corrected chi connectivity index (χ3v) is 6.03. The van der Waals surface area contributed by atoms with Gasteiger partial charge in [0.2, 0.25) is 5.91 Å². The number of likely N-dealkylation sites (tertiary alicyclic amines) is 1. The molecular formula is C26H28N4O2. The SMILES string of the molecule is CCNC(=O)[C@@]1(Cc2cccc(-c3cccnc3)c2)CCCN(C(=O)c2ccccn2)C1. The molecule has 1 N–H and O–H groups in total. The van der Waals surface area contributed by atoms with Gasteiger partial charge in [-0.25, -0.2) is 0 Å². The van der Waals surface area contributed by atoms with E-state index in [1.165, 1.54) is 0 Å². The number of rotatable bonds is 6. The van der Waals surface area contributed by atoms with Gasteiger partial charge in [-0.3, -0.25) is 19.6 Å². The van der Waals surface area contributed by atoms with E-state index < -0.39 is 5.41 Å². The standard InChI is InChI=1S/C26H28N4O2/c1-2-28-25(32)26(12-7-15-30(19-26)24(31)23-11-3-4-14-29-23)17-20-8-5-9-21(16-20)22-10-6-13-27-18-22/h3-6,8-11,13-14,16,18H,2,7,12,15,17,19H2,1H3,(H,28,32)/t26-/m1/s1. The molecule has 1 saturated heterocycles. The van der Waals surface area contributed by atoms with Crippen molar-refractivity contribution in [1.29, 1.82) is 0 Å². The predicted octanol–water partition coefficient (Wildman–Crippen LogP) is 3.74. The van der Waals surface area contributed by atoms with Crippen LogP contribution >= 0.6 is 0 Å². The zero-order valence-corrected chi connectivity index (χ0v) is 18.3. The lowest BCUT2D eigenvalue weighted by Crippen LogP contribution is -2.54. The highest BCUT2D eigenvalue weighted by Gasteiger charge is 2.43. The Bertz CT molecular complexity index is 1070. The van der Waals surface area contributed by atoms with Gasteiger partial charge in [-0.15, -0.1) is 0 Å². The number of pyridine rings is 2. The van der Waals surface area contributed by atoms with E-state index in [1.807, 2.05) is 37.4 Å². The molecule has 0 radical (unpaired) electrons. The third kappa shape index (κ3) is 4.69. The molecule has 2 amide bonds. The topological polar surface area (TPSA) is 75.2 Å². The Morgan fingerprint density at radius 2 is 1.94 bits per heavy atom. The fourth-order valence-corrected chi connectivity index (χ4v) is 4.50. The quantitative estimate of drug-likeness (QED) is 0.649. The normalized spacial score (nSPS) is 18.2. The zero-order valence-electron chi connectivity index (χ0n) is 18.3. The summed E-state index contributed by atoms with van der Waals surface area (Å²) >= 11 is 0. The van der Waals surface area contributed by atoms with E-state index in [-0.39, 0.29) is 11.8 Å². The molecule has 4 rings (SSSR count). The van der Waals surface area contributed by atoms with Crippen molar-refractivity contribution in [3.8, 4) is 11.1 Å². The van der Waals surface area contributed by atoms with Crippen molar-refractivity contribution in [2.75, 3.05) is 19.6 Å². The lowest BCUT2D eigenvalue weighted by molar-refractivity contribution is -0.133. The van der Waals surface area contributed by atoms with Gasteiger partial charge in [-0.05, 0) is 61.1 Å². The molecule has 3 aromatic rings. The summed E-state index contributed by atoms with van der Waals surface area (Å²) < 4.78 is 0. The largest absolute Gasteiger partial charge is 0.356 e. The average molecular weight is 429 g/mol. The van der Waals surface area contributed by atoms with Gasteiger partial charge < -0.3 is 10.2 Å². The van der Waals surface area contributed by atoms with Crippen molar-refractivity contribution in [2.45, 2.75) is 26.2 Å². The van der Waals surface area contributed by atoms with Crippen molar-refractivity contribution in [2.24, 2.45) is 5.41 Å². The van der Waals surface area contributed by atoms with E-state index in [0.29, 0.717) is 31.7 Å². The van der Waals surface area contributed by atoms with E-state index in [4.69, 9.17) is 0 Å². The van der Waals surface area contributed by atoms with E-state index in [0.717, 1.165) is 29.5 Å². The van der Waals surface area contributed by atoms with Gasteiger partial charge in [0.05, 0.1) is 5.41 Å². The molecule has 164 valence electrons. The molecule has 6 heteroatoms. The molecule has 6 nitrogen and oxygen atoms in total. The van der Waals surface area contributed by atoms with Gasteiger partial charge in [0.15, 0.2) is 0 Å². The number of aromatic nitrogens is 2. The monoisotopic (exact) mass is 428 g/mol. The van der Waals surface area contributed by atoms with E-state index in [1.54, 1.807) is 29.4 Å². The first-order valence-electron chi connectivity index (χ1n) is 11.1. The van der Waals surface area contributed by atoms with E-state index in [2.05, 4.69) is 33.5 Å². The molecule has 32 heavy (non-hydrogen) atoms. The molecule has 0 bridgehead atoms. The fourth-order valence-electron chi connectivity index (χ4n) is 4.50. The predicted molar refractivity (Wildman–Crippen MR) is 124 cm³/mol. The molecule has 2 aromatic heterocycles.